The molecule has 0 fully saturated rings. The summed E-state index contributed by atoms with van der Waals surface area (Å²) in [6.45, 7) is 0. The maximum Gasteiger partial charge on any atom is 0.323 e. The summed E-state index contributed by atoms with van der Waals surface area (Å²) < 4.78 is 0. The molecule has 0 saturated heterocycles. The first kappa shape index (κ1) is 14.1. The number of hydrogen-bond acceptors (Lipinski definition) is 3. The number of nitrogens with two attached hydrogens (primary N) is 1. The highest BCUT2D eigenvalue weighted by molar-refractivity contribution is 6.02. The Hall–Kier alpha value is -3.33. The highest BCUT2D eigenvalue weighted by Crippen LogP contribution is 2.15. The van der Waals surface area contributed by atoms with Gasteiger partial charge in [0, 0.05) is 11.3 Å². The lowest BCUT2D eigenvalue weighted by Gasteiger charge is -2.09. The molecular weight excluding hydrogens is 266 g/mol. The number of para-hydroxylation sites is 1. The SMILES string of the molecule is N#Cc1ccccc1NC(=O)Nc1cccc(C(=N)N)c1. The van der Waals surface area contributed by atoms with Crippen LogP contribution in [0.2, 0.25) is 0 Å². The predicted octanol–water partition coefficient (Wildman–Crippen LogP) is 2.49. The van der Waals surface area contributed by atoms with Crippen LogP contribution in [0.15, 0.2) is 48.5 Å². The minimum Gasteiger partial charge on any atom is -0.384 e. The van der Waals surface area contributed by atoms with Gasteiger partial charge in [0.15, 0.2) is 0 Å². The van der Waals surface area contributed by atoms with Crippen molar-refractivity contribution in [3.05, 3.63) is 59.7 Å². The van der Waals surface area contributed by atoms with E-state index in [4.69, 9.17) is 16.4 Å². The van der Waals surface area contributed by atoms with E-state index in [2.05, 4.69) is 10.6 Å². The first-order valence-corrected chi connectivity index (χ1v) is 6.12. The van der Waals surface area contributed by atoms with Crippen LogP contribution in [0.3, 0.4) is 0 Å². The third-order valence-electron chi connectivity index (χ3n) is 2.73. The molecule has 0 heterocycles. The number of carbonyl (C=O) groups is 1. The molecule has 104 valence electrons. The average Bonchev–Trinajstić information content (AvgIpc) is 2.48. The van der Waals surface area contributed by atoms with Crippen LogP contribution in [0.1, 0.15) is 11.1 Å². The summed E-state index contributed by atoms with van der Waals surface area (Å²) in [6.07, 6.45) is 0. The van der Waals surface area contributed by atoms with E-state index in [1.807, 2.05) is 6.07 Å². The van der Waals surface area contributed by atoms with E-state index in [0.29, 0.717) is 22.5 Å². The number of nitrogens with zero attached hydrogens (tertiary/aromatic N) is 1. The molecule has 2 rings (SSSR count). The van der Waals surface area contributed by atoms with Gasteiger partial charge in [0.1, 0.15) is 11.9 Å². The molecule has 0 unspecified atom stereocenters. The molecule has 0 aliphatic carbocycles. The molecule has 0 aliphatic heterocycles. The Labute approximate surface area is 121 Å². The Morgan fingerprint density at radius 1 is 1.14 bits per heavy atom. The van der Waals surface area contributed by atoms with Gasteiger partial charge in [-0.2, -0.15) is 5.26 Å². The van der Waals surface area contributed by atoms with Crippen molar-refractivity contribution in [2.75, 3.05) is 10.6 Å². The van der Waals surface area contributed by atoms with Crippen LogP contribution < -0.4 is 16.4 Å². The van der Waals surface area contributed by atoms with E-state index in [9.17, 15) is 4.79 Å². The van der Waals surface area contributed by atoms with Crippen LogP contribution in [0.5, 0.6) is 0 Å². The van der Waals surface area contributed by atoms with Crippen molar-refractivity contribution in [3.63, 3.8) is 0 Å². The molecule has 0 aromatic heterocycles. The van der Waals surface area contributed by atoms with Crippen LogP contribution in [0, 0.1) is 16.7 Å². The van der Waals surface area contributed by atoms with Crippen molar-refractivity contribution in [2.24, 2.45) is 5.73 Å². The van der Waals surface area contributed by atoms with Gasteiger partial charge >= 0.3 is 6.03 Å². The first-order valence-electron chi connectivity index (χ1n) is 6.12. The summed E-state index contributed by atoms with van der Waals surface area (Å²) >= 11 is 0. The predicted molar refractivity (Wildman–Crippen MR) is 81.3 cm³/mol. The Balaban J connectivity index is 2.10. The van der Waals surface area contributed by atoms with Crippen LogP contribution >= 0.6 is 0 Å². The standard InChI is InChI=1S/C15H13N5O/c16-9-11-4-1-2-7-13(11)20-15(21)19-12-6-3-5-10(8-12)14(17)18/h1-8H,(H3,17,18)(H2,19,20,21). The first-order chi connectivity index (χ1) is 10.1. The van der Waals surface area contributed by atoms with Crippen molar-refractivity contribution < 1.29 is 4.79 Å². The fraction of sp³-hybridized carbons (Fsp3) is 0. The van der Waals surface area contributed by atoms with E-state index in [1.165, 1.54) is 0 Å². The van der Waals surface area contributed by atoms with E-state index in [1.54, 1.807) is 48.5 Å². The summed E-state index contributed by atoms with van der Waals surface area (Å²) in [6, 6.07) is 14.9. The Morgan fingerprint density at radius 2 is 1.90 bits per heavy atom. The molecular formula is C15H13N5O. The number of anilines is 2. The fourth-order valence-corrected chi connectivity index (χ4v) is 1.74. The largest absolute Gasteiger partial charge is 0.384 e. The highest BCUT2D eigenvalue weighted by atomic mass is 16.2. The van der Waals surface area contributed by atoms with Crippen molar-refractivity contribution in [3.8, 4) is 6.07 Å². The van der Waals surface area contributed by atoms with Crippen molar-refractivity contribution in [1.29, 1.82) is 10.7 Å². The number of nitrogens with one attached hydrogen (secondary N) is 3. The van der Waals surface area contributed by atoms with E-state index in [-0.39, 0.29) is 5.84 Å². The molecule has 2 aromatic rings. The Morgan fingerprint density at radius 3 is 2.62 bits per heavy atom. The minimum atomic E-state index is -0.474. The molecule has 0 spiro atoms. The monoisotopic (exact) mass is 279 g/mol. The van der Waals surface area contributed by atoms with Crippen LogP contribution in [0.25, 0.3) is 0 Å². The van der Waals surface area contributed by atoms with Crippen LogP contribution in [0.4, 0.5) is 16.2 Å². The van der Waals surface area contributed by atoms with Crippen LogP contribution in [-0.2, 0) is 0 Å². The second-order valence-corrected chi connectivity index (χ2v) is 4.23. The fourth-order valence-electron chi connectivity index (χ4n) is 1.74. The topological polar surface area (TPSA) is 115 Å². The van der Waals surface area contributed by atoms with E-state index in [0.717, 1.165) is 0 Å². The molecule has 6 heteroatoms. The normalized spacial score (nSPS) is 9.48. The molecule has 21 heavy (non-hydrogen) atoms. The second kappa shape index (κ2) is 6.21. The molecule has 0 saturated carbocycles. The molecule has 6 nitrogen and oxygen atoms in total. The molecule has 2 aromatic carbocycles. The maximum absolute atomic E-state index is 11.9. The summed E-state index contributed by atoms with van der Waals surface area (Å²) in [7, 11) is 0. The van der Waals surface area contributed by atoms with Gasteiger partial charge in [0.05, 0.1) is 11.3 Å². The van der Waals surface area contributed by atoms with E-state index >= 15 is 0 Å². The highest BCUT2D eigenvalue weighted by Gasteiger charge is 2.07. The van der Waals surface area contributed by atoms with Gasteiger partial charge in [-0.3, -0.25) is 5.41 Å². The van der Waals surface area contributed by atoms with Gasteiger partial charge < -0.3 is 16.4 Å². The lowest BCUT2D eigenvalue weighted by Crippen LogP contribution is -2.20. The van der Waals surface area contributed by atoms with Crippen molar-refractivity contribution >= 4 is 23.2 Å². The number of benzene rings is 2. The number of amides is 2. The lowest BCUT2D eigenvalue weighted by atomic mass is 10.2. The zero-order chi connectivity index (χ0) is 15.2. The zero-order valence-electron chi connectivity index (χ0n) is 11.1. The van der Waals surface area contributed by atoms with Gasteiger partial charge in [-0.15, -0.1) is 0 Å². The lowest BCUT2D eigenvalue weighted by molar-refractivity contribution is 0.262. The summed E-state index contributed by atoms with van der Waals surface area (Å²) in [5, 5.41) is 21.5. The quantitative estimate of drug-likeness (QED) is 0.511. The number of carbonyl (C=O) groups excluding carboxylic acids is 1. The Kier molecular flexibility index (Phi) is 4.17. The van der Waals surface area contributed by atoms with Crippen LogP contribution in [-0.4, -0.2) is 11.9 Å². The summed E-state index contributed by atoms with van der Waals surface area (Å²) in [4.78, 5) is 11.9. The number of rotatable bonds is 3. The molecule has 0 aliphatic rings. The van der Waals surface area contributed by atoms with Gasteiger partial charge in [0.2, 0.25) is 0 Å². The van der Waals surface area contributed by atoms with Gasteiger partial charge in [0.25, 0.3) is 0 Å². The minimum absolute atomic E-state index is 0.0751. The van der Waals surface area contributed by atoms with Crippen molar-refractivity contribution in [1.82, 2.24) is 0 Å². The molecule has 0 atom stereocenters. The molecule has 5 N–H and O–H groups in total. The average molecular weight is 279 g/mol. The van der Waals surface area contributed by atoms with E-state index < -0.39 is 6.03 Å². The Bertz CT molecular complexity index is 733. The number of urea groups is 1. The number of hydrogen-bond donors (Lipinski definition) is 4. The number of amidine groups is 1. The number of nitrogen functional groups attached to an aromatic ring is 1. The van der Waals surface area contributed by atoms with Gasteiger partial charge in [-0.05, 0) is 24.3 Å². The third kappa shape index (κ3) is 3.58. The molecule has 0 radical (unpaired) electrons. The molecule has 0 bridgehead atoms. The smallest absolute Gasteiger partial charge is 0.323 e. The number of nitriles is 1. The summed E-state index contributed by atoms with van der Waals surface area (Å²) in [5.41, 5.74) is 7.23. The van der Waals surface area contributed by atoms with Crippen molar-refractivity contribution in [2.45, 2.75) is 0 Å². The maximum atomic E-state index is 11.9. The summed E-state index contributed by atoms with van der Waals surface area (Å²) in [5.74, 6) is -0.0751. The zero-order valence-corrected chi connectivity index (χ0v) is 11.1. The van der Waals surface area contributed by atoms with Gasteiger partial charge in [-0.1, -0.05) is 24.3 Å². The van der Waals surface area contributed by atoms with Gasteiger partial charge in [-0.25, -0.2) is 4.79 Å². The second-order valence-electron chi connectivity index (χ2n) is 4.23. The molecule has 2 amide bonds. The third-order valence-corrected chi connectivity index (χ3v) is 2.73.